The van der Waals surface area contributed by atoms with Gasteiger partial charge in [-0.2, -0.15) is 0 Å². The fourth-order valence-electron chi connectivity index (χ4n) is 1.69. The van der Waals surface area contributed by atoms with Gasteiger partial charge in [-0.3, -0.25) is 4.72 Å². The van der Waals surface area contributed by atoms with E-state index in [0.29, 0.717) is 17.7 Å². The molecule has 1 aromatic carbocycles. The number of hydrogen-bond acceptors (Lipinski definition) is 3. The summed E-state index contributed by atoms with van der Waals surface area (Å²) in [6.45, 7) is 1.65. The van der Waals surface area contributed by atoms with Crippen molar-refractivity contribution in [1.29, 1.82) is 0 Å². The summed E-state index contributed by atoms with van der Waals surface area (Å²) in [5.74, 6) is 0. The van der Waals surface area contributed by atoms with Crippen LogP contribution in [0.3, 0.4) is 0 Å². The second-order valence-electron chi connectivity index (χ2n) is 4.22. The third-order valence-electron chi connectivity index (χ3n) is 2.58. The molecule has 0 saturated heterocycles. The number of allylic oxidation sites excluding steroid dienone is 1. The third kappa shape index (κ3) is 2.80. The first-order chi connectivity index (χ1) is 8.49. The Balaban J connectivity index is 2.40. The average molecular weight is 265 g/mol. The maximum atomic E-state index is 12.1. The maximum Gasteiger partial charge on any atom is 0.262 e. The summed E-state index contributed by atoms with van der Waals surface area (Å²) in [6.07, 6.45) is 5.02. The SMILES string of the molecule is C[C@@H](O)CC=C1C=Cc2ccccc2S(=O)(=O)N1. The molecule has 2 rings (SSSR count). The van der Waals surface area contributed by atoms with Gasteiger partial charge in [0.1, 0.15) is 0 Å². The van der Waals surface area contributed by atoms with Crippen LogP contribution < -0.4 is 4.72 Å². The predicted octanol–water partition coefficient (Wildman–Crippen LogP) is 1.65. The molecule has 1 aromatic rings. The first-order valence-electron chi connectivity index (χ1n) is 5.67. The highest BCUT2D eigenvalue weighted by atomic mass is 32.2. The number of nitrogens with one attached hydrogen (secondary N) is 1. The van der Waals surface area contributed by atoms with Gasteiger partial charge in [0, 0.05) is 5.70 Å². The van der Waals surface area contributed by atoms with Gasteiger partial charge < -0.3 is 5.11 Å². The van der Waals surface area contributed by atoms with Gasteiger partial charge in [-0.1, -0.05) is 30.4 Å². The van der Waals surface area contributed by atoms with Crippen molar-refractivity contribution in [3.63, 3.8) is 0 Å². The molecule has 4 nitrogen and oxygen atoms in total. The fourth-order valence-corrected chi connectivity index (χ4v) is 2.97. The van der Waals surface area contributed by atoms with E-state index in [1.54, 1.807) is 49.4 Å². The van der Waals surface area contributed by atoms with Crippen molar-refractivity contribution in [3.05, 3.63) is 47.7 Å². The largest absolute Gasteiger partial charge is 0.393 e. The summed E-state index contributed by atoms with van der Waals surface area (Å²) in [7, 11) is -3.54. The van der Waals surface area contributed by atoms with Gasteiger partial charge >= 0.3 is 0 Å². The summed E-state index contributed by atoms with van der Waals surface area (Å²) in [6, 6.07) is 6.81. The van der Waals surface area contributed by atoms with E-state index in [1.807, 2.05) is 0 Å². The molecule has 0 saturated carbocycles. The summed E-state index contributed by atoms with van der Waals surface area (Å²) < 4.78 is 26.7. The lowest BCUT2D eigenvalue weighted by atomic mass is 10.2. The number of rotatable bonds is 2. The molecule has 0 unspecified atom stereocenters. The Morgan fingerprint density at radius 2 is 2.06 bits per heavy atom. The molecule has 0 bridgehead atoms. The van der Waals surface area contributed by atoms with Gasteiger partial charge in [-0.25, -0.2) is 8.42 Å². The molecular formula is C13H15NO3S. The van der Waals surface area contributed by atoms with E-state index in [2.05, 4.69) is 4.72 Å². The van der Waals surface area contributed by atoms with Crippen LogP contribution in [0.5, 0.6) is 0 Å². The van der Waals surface area contributed by atoms with E-state index in [4.69, 9.17) is 0 Å². The quantitative estimate of drug-likeness (QED) is 0.854. The van der Waals surface area contributed by atoms with Crippen LogP contribution in [0.4, 0.5) is 0 Å². The maximum absolute atomic E-state index is 12.1. The van der Waals surface area contributed by atoms with Crippen molar-refractivity contribution in [2.24, 2.45) is 0 Å². The molecule has 2 N–H and O–H groups in total. The highest BCUT2D eigenvalue weighted by Crippen LogP contribution is 2.21. The van der Waals surface area contributed by atoms with Crippen LogP contribution in [0.2, 0.25) is 0 Å². The Labute approximate surface area is 107 Å². The average Bonchev–Trinajstić information content (AvgIpc) is 2.44. The lowest BCUT2D eigenvalue weighted by Crippen LogP contribution is -2.22. The van der Waals surface area contributed by atoms with Crippen molar-refractivity contribution in [1.82, 2.24) is 4.72 Å². The van der Waals surface area contributed by atoms with E-state index in [9.17, 15) is 13.5 Å². The number of hydrogen-bond donors (Lipinski definition) is 2. The molecule has 0 aromatic heterocycles. The molecular weight excluding hydrogens is 250 g/mol. The van der Waals surface area contributed by atoms with Crippen molar-refractivity contribution in [3.8, 4) is 0 Å². The zero-order chi connectivity index (χ0) is 13.2. The molecule has 96 valence electrons. The minimum atomic E-state index is -3.54. The van der Waals surface area contributed by atoms with Crippen LogP contribution in [-0.4, -0.2) is 19.6 Å². The van der Waals surface area contributed by atoms with Crippen molar-refractivity contribution in [2.75, 3.05) is 0 Å². The van der Waals surface area contributed by atoms with Crippen molar-refractivity contribution >= 4 is 16.1 Å². The smallest absolute Gasteiger partial charge is 0.262 e. The van der Waals surface area contributed by atoms with Crippen LogP contribution in [0.15, 0.2) is 47.0 Å². The molecule has 0 aliphatic carbocycles. The lowest BCUT2D eigenvalue weighted by Gasteiger charge is -2.08. The lowest BCUT2D eigenvalue weighted by molar-refractivity contribution is 0.198. The van der Waals surface area contributed by atoms with E-state index in [-0.39, 0.29) is 4.90 Å². The first kappa shape index (κ1) is 12.9. The molecule has 5 heteroatoms. The summed E-state index contributed by atoms with van der Waals surface area (Å²) in [5.41, 5.74) is 1.14. The number of fused-ring (bicyclic) bond motifs is 1. The van der Waals surface area contributed by atoms with Crippen LogP contribution in [0.25, 0.3) is 6.08 Å². The third-order valence-corrected chi connectivity index (χ3v) is 4.04. The number of benzene rings is 1. The Kier molecular flexibility index (Phi) is 3.54. The van der Waals surface area contributed by atoms with Gasteiger partial charge in [0.25, 0.3) is 10.0 Å². The van der Waals surface area contributed by atoms with Gasteiger partial charge in [0.15, 0.2) is 0 Å². The zero-order valence-corrected chi connectivity index (χ0v) is 10.8. The molecule has 18 heavy (non-hydrogen) atoms. The van der Waals surface area contributed by atoms with E-state index >= 15 is 0 Å². The Hall–Kier alpha value is -1.59. The normalized spacial score (nSPS) is 20.9. The Morgan fingerprint density at radius 3 is 2.78 bits per heavy atom. The second kappa shape index (κ2) is 4.96. The number of aliphatic hydroxyl groups is 1. The van der Waals surface area contributed by atoms with Crippen LogP contribution >= 0.6 is 0 Å². The number of sulfonamides is 1. The van der Waals surface area contributed by atoms with Crippen LogP contribution in [-0.2, 0) is 10.0 Å². The highest BCUT2D eigenvalue weighted by molar-refractivity contribution is 7.89. The highest BCUT2D eigenvalue weighted by Gasteiger charge is 2.19. The summed E-state index contributed by atoms with van der Waals surface area (Å²) in [5, 5.41) is 9.21. The van der Waals surface area contributed by atoms with Gasteiger partial charge in [-0.15, -0.1) is 0 Å². The van der Waals surface area contributed by atoms with E-state index in [0.717, 1.165) is 0 Å². The van der Waals surface area contributed by atoms with E-state index in [1.165, 1.54) is 0 Å². The van der Waals surface area contributed by atoms with Crippen LogP contribution in [0.1, 0.15) is 18.9 Å². The summed E-state index contributed by atoms with van der Waals surface area (Å²) in [4.78, 5) is 0.265. The zero-order valence-electron chi connectivity index (χ0n) is 10.00. The Morgan fingerprint density at radius 1 is 1.33 bits per heavy atom. The van der Waals surface area contributed by atoms with Gasteiger partial charge in [-0.05, 0) is 31.1 Å². The monoisotopic (exact) mass is 265 g/mol. The molecule has 1 aliphatic rings. The molecule has 1 atom stereocenters. The van der Waals surface area contributed by atoms with Crippen molar-refractivity contribution in [2.45, 2.75) is 24.3 Å². The number of aliphatic hydroxyl groups excluding tert-OH is 1. The molecule has 1 aliphatic heterocycles. The molecule has 0 spiro atoms. The van der Waals surface area contributed by atoms with E-state index < -0.39 is 16.1 Å². The minimum Gasteiger partial charge on any atom is -0.393 e. The fraction of sp³-hybridized carbons (Fsp3) is 0.231. The topological polar surface area (TPSA) is 66.4 Å². The molecule has 0 amide bonds. The molecule has 1 heterocycles. The molecule has 0 radical (unpaired) electrons. The van der Waals surface area contributed by atoms with Crippen LogP contribution in [0, 0.1) is 0 Å². The summed E-state index contributed by atoms with van der Waals surface area (Å²) >= 11 is 0. The second-order valence-corrected chi connectivity index (χ2v) is 5.87. The minimum absolute atomic E-state index is 0.265. The van der Waals surface area contributed by atoms with Crippen molar-refractivity contribution < 1.29 is 13.5 Å². The first-order valence-corrected chi connectivity index (χ1v) is 7.15. The van der Waals surface area contributed by atoms with Gasteiger partial charge in [0.2, 0.25) is 0 Å². The standard InChI is InChI=1S/C13H15NO3S/c1-10(15)6-8-12-9-7-11-4-2-3-5-13(11)18(16,17)14-12/h2-5,7-10,14-15H,6H2,1H3/t10-/m1/s1. The predicted molar refractivity (Wildman–Crippen MR) is 70.2 cm³/mol. The van der Waals surface area contributed by atoms with Gasteiger partial charge in [0.05, 0.1) is 11.0 Å². The Bertz CT molecular complexity index is 600. The molecule has 0 fully saturated rings.